The molecule has 0 atom stereocenters. The van der Waals surface area contributed by atoms with Gasteiger partial charge in [0.25, 0.3) is 0 Å². The molecule has 6 heteroatoms. The maximum atomic E-state index is 12.6. The molecule has 0 aliphatic rings. The first-order chi connectivity index (χ1) is 11.6. The van der Waals surface area contributed by atoms with Gasteiger partial charge in [-0.1, -0.05) is 0 Å². The van der Waals surface area contributed by atoms with Crippen molar-refractivity contribution in [2.45, 2.75) is 20.3 Å². The zero-order valence-corrected chi connectivity index (χ0v) is 13.9. The summed E-state index contributed by atoms with van der Waals surface area (Å²) in [7, 11) is 1.60. The van der Waals surface area contributed by atoms with Crippen LogP contribution in [0.15, 0.2) is 30.5 Å². The Morgan fingerprint density at radius 2 is 2.12 bits per heavy atom. The van der Waals surface area contributed by atoms with Crippen molar-refractivity contribution < 1.29 is 14.3 Å². The minimum atomic E-state index is -0.116. The predicted molar refractivity (Wildman–Crippen MR) is 90.8 cm³/mol. The number of nitrogens with zero attached hydrogens (tertiary/aromatic N) is 2. The summed E-state index contributed by atoms with van der Waals surface area (Å²) < 4.78 is 10.7. The van der Waals surface area contributed by atoms with E-state index in [4.69, 9.17) is 9.47 Å². The lowest BCUT2D eigenvalue weighted by atomic mass is 10.1. The number of ether oxygens (including phenoxy) is 2. The van der Waals surface area contributed by atoms with Crippen LogP contribution in [0.1, 0.15) is 28.8 Å². The van der Waals surface area contributed by atoms with Gasteiger partial charge in [0, 0.05) is 17.8 Å². The molecule has 0 radical (unpaired) electrons. The number of ketones is 1. The summed E-state index contributed by atoms with van der Waals surface area (Å²) in [6.07, 6.45) is 1.83. The Kier molecular flexibility index (Phi) is 4.46. The molecule has 24 heavy (non-hydrogen) atoms. The van der Waals surface area contributed by atoms with Crippen LogP contribution in [0, 0.1) is 6.92 Å². The van der Waals surface area contributed by atoms with Gasteiger partial charge in [0.05, 0.1) is 36.9 Å². The number of rotatable bonds is 6. The lowest BCUT2D eigenvalue weighted by Gasteiger charge is -2.09. The summed E-state index contributed by atoms with van der Waals surface area (Å²) in [4.78, 5) is 24.3. The standard InChI is InChI=1S/C18H19N3O3/c1-4-24-17-7-8-19-14(11(17)2)10-16(22)18-20-13-6-5-12(23-3)9-15(13)21-18/h5-9H,4,10H2,1-3H3,(H,20,21). The van der Waals surface area contributed by atoms with E-state index in [-0.39, 0.29) is 12.2 Å². The molecule has 3 aromatic rings. The van der Waals surface area contributed by atoms with Crippen molar-refractivity contribution in [2.24, 2.45) is 0 Å². The molecule has 6 nitrogen and oxygen atoms in total. The van der Waals surface area contributed by atoms with Crippen LogP contribution in [0.3, 0.4) is 0 Å². The number of H-pyrrole nitrogens is 1. The van der Waals surface area contributed by atoms with E-state index >= 15 is 0 Å². The van der Waals surface area contributed by atoms with Crippen molar-refractivity contribution in [1.29, 1.82) is 0 Å². The van der Waals surface area contributed by atoms with Crippen LogP contribution in [0.2, 0.25) is 0 Å². The highest BCUT2D eigenvalue weighted by atomic mass is 16.5. The molecule has 3 rings (SSSR count). The van der Waals surface area contributed by atoms with Gasteiger partial charge in [0.1, 0.15) is 11.5 Å². The van der Waals surface area contributed by atoms with E-state index in [9.17, 15) is 4.79 Å². The van der Waals surface area contributed by atoms with E-state index < -0.39 is 0 Å². The van der Waals surface area contributed by atoms with Gasteiger partial charge in [-0.25, -0.2) is 4.98 Å². The van der Waals surface area contributed by atoms with Crippen molar-refractivity contribution in [3.05, 3.63) is 47.5 Å². The fourth-order valence-corrected chi connectivity index (χ4v) is 2.53. The Hall–Kier alpha value is -2.89. The summed E-state index contributed by atoms with van der Waals surface area (Å²) in [6.45, 7) is 4.40. The summed E-state index contributed by atoms with van der Waals surface area (Å²) in [5.74, 6) is 1.67. The SMILES string of the molecule is CCOc1ccnc(CC(=O)c2nc3ccc(OC)cc3[nH]2)c1C. The highest BCUT2D eigenvalue weighted by Crippen LogP contribution is 2.22. The third kappa shape index (κ3) is 3.08. The topological polar surface area (TPSA) is 77.1 Å². The van der Waals surface area contributed by atoms with E-state index in [1.54, 1.807) is 19.4 Å². The van der Waals surface area contributed by atoms with Crippen molar-refractivity contribution in [3.8, 4) is 11.5 Å². The molecular weight excluding hydrogens is 306 g/mol. The minimum absolute atomic E-state index is 0.116. The Bertz CT molecular complexity index is 886. The minimum Gasteiger partial charge on any atom is -0.497 e. The largest absolute Gasteiger partial charge is 0.497 e. The van der Waals surface area contributed by atoms with E-state index in [0.29, 0.717) is 23.9 Å². The molecule has 1 N–H and O–H groups in total. The van der Waals surface area contributed by atoms with Crippen molar-refractivity contribution in [1.82, 2.24) is 15.0 Å². The zero-order valence-electron chi connectivity index (χ0n) is 13.9. The number of imidazole rings is 1. The number of pyridine rings is 1. The zero-order chi connectivity index (χ0) is 17.1. The lowest BCUT2D eigenvalue weighted by molar-refractivity contribution is 0.0983. The Labute approximate surface area is 139 Å². The number of hydrogen-bond acceptors (Lipinski definition) is 5. The molecule has 2 heterocycles. The molecule has 2 aromatic heterocycles. The maximum Gasteiger partial charge on any atom is 0.204 e. The molecule has 1 aromatic carbocycles. The van der Waals surface area contributed by atoms with Crippen molar-refractivity contribution in [2.75, 3.05) is 13.7 Å². The Balaban J connectivity index is 1.86. The number of methoxy groups -OCH3 is 1. The second-order valence-corrected chi connectivity index (χ2v) is 5.38. The Morgan fingerprint density at radius 3 is 2.88 bits per heavy atom. The summed E-state index contributed by atoms with van der Waals surface area (Å²) in [5.41, 5.74) is 3.08. The maximum absolute atomic E-state index is 12.6. The molecule has 0 aliphatic carbocycles. The first-order valence-corrected chi connectivity index (χ1v) is 7.76. The molecule has 0 unspecified atom stereocenters. The second-order valence-electron chi connectivity index (χ2n) is 5.38. The Morgan fingerprint density at radius 1 is 1.29 bits per heavy atom. The number of Topliss-reactive ketones (excluding diaryl/α,β-unsaturated/α-hetero) is 1. The molecule has 0 saturated carbocycles. The van der Waals surface area contributed by atoms with Gasteiger partial charge in [0.2, 0.25) is 5.78 Å². The highest BCUT2D eigenvalue weighted by Gasteiger charge is 2.16. The smallest absolute Gasteiger partial charge is 0.204 e. The number of carbonyl (C=O) groups is 1. The molecular formula is C18H19N3O3. The molecule has 0 bridgehead atoms. The fourth-order valence-electron chi connectivity index (χ4n) is 2.53. The van der Waals surface area contributed by atoms with Crippen LogP contribution < -0.4 is 9.47 Å². The quantitative estimate of drug-likeness (QED) is 0.705. The first kappa shape index (κ1) is 16.0. The normalized spacial score (nSPS) is 10.8. The van der Waals surface area contributed by atoms with Crippen molar-refractivity contribution >= 4 is 16.8 Å². The molecule has 0 fully saturated rings. The number of nitrogens with one attached hydrogen (secondary N) is 1. The molecule has 0 amide bonds. The number of benzene rings is 1. The first-order valence-electron chi connectivity index (χ1n) is 7.76. The predicted octanol–water partition coefficient (Wildman–Crippen LogP) is 3.10. The fraction of sp³-hybridized carbons (Fsp3) is 0.278. The summed E-state index contributed by atoms with van der Waals surface area (Å²) >= 11 is 0. The summed E-state index contributed by atoms with van der Waals surface area (Å²) in [5, 5.41) is 0. The molecule has 0 aliphatic heterocycles. The van der Waals surface area contributed by atoms with Crippen LogP contribution in [0.4, 0.5) is 0 Å². The molecule has 0 spiro atoms. The number of aromatic nitrogens is 3. The van der Waals surface area contributed by atoms with Crippen LogP contribution in [-0.2, 0) is 6.42 Å². The average Bonchev–Trinajstić information content (AvgIpc) is 3.01. The second kappa shape index (κ2) is 6.70. The van der Waals surface area contributed by atoms with Gasteiger partial charge in [0.15, 0.2) is 5.82 Å². The van der Waals surface area contributed by atoms with Crippen LogP contribution in [0.25, 0.3) is 11.0 Å². The lowest BCUT2D eigenvalue weighted by Crippen LogP contribution is -2.09. The third-order valence-electron chi connectivity index (χ3n) is 3.84. The van der Waals surface area contributed by atoms with E-state index in [0.717, 1.165) is 22.3 Å². The molecule has 0 saturated heterocycles. The third-order valence-corrected chi connectivity index (χ3v) is 3.84. The molecule has 124 valence electrons. The van der Waals surface area contributed by atoms with Crippen LogP contribution in [-0.4, -0.2) is 34.5 Å². The summed E-state index contributed by atoms with van der Waals surface area (Å²) in [6, 6.07) is 7.26. The van der Waals surface area contributed by atoms with Gasteiger partial charge >= 0.3 is 0 Å². The van der Waals surface area contributed by atoms with Gasteiger partial charge < -0.3 is 14.5 Å². The number of carbonyl (C=O) groups excluding carboxylic acids is 1. The monoisotopic (exact) mass is 325 g/mol. The van der Waals surface area contributed by atoms with Gasteiger partial charge in [-0.2, -0.15) is 0 Å². The number of fused-ring (bicyclic) bond motifs is 1. The van der Waals surface area contributed by atoms with Crippen LogP contribution in [0.5, 0.6) is 11.5 Å². The average molecular weight is 325 g/mol. The van der Waals surface area contributed by atoms with Gasteiger partial charge in [-0.3, -0.25) is 9.78 Å². The van der Waals surface area contributed by atoms with Gasteiger partial charge in [-0.05, 0) is 32.0 Å². The van der Waals surface area contributed by atoms with E-state index in [1.807, 2.05) is 32.0 Å². The van der Waals surface area contributed by atoms with Crippen molar-refractivity contribution in [3.63, 3.8) is 0 Å². The van der Waals surface area contributed by atoms with E-state index in [2.05, 4.69) is 15.0 Å². The van der Waals surface area contributed by atoms with E-state index in [1.165, 1.54) is 0 Å². The van der Waals surface area contributed by atoms with Gasteiger partial charge in [-0.15, -0.1) is 0 Å². The highest BCUT2D eigenvalue weighted by molar-refractivity contribution is 5.97. The number of aromatic amines is 1. The van der Waals surface area contributed by atoms with Crippen LogP contribution >= 0.6 is 0 Å². The number of hydrogen-bond donors (Lipinski definition) is 1.